The lowest BCUT2D eigenvalue weighted by atomic mass is 10.2. The van der Waals surface area contributed by atoms with E-state index in [1.807, 2.05) is 82.1 Å². The Morgan fingerprint density at radius 1 is 0.727 bits per heavy atom. The minimum absolute atomic E-state index is 0.889. The van der Waals surface area contributed by atoms with E-state index in [4.69, 9.17) is 0 Å². The summed E-state index contributed by atoms with van der Waals surface area (Å²) in [5.74, 6) is 1.78. The molecule has 0 aliphatic heterocycles. The third kappa shape index (κ3) is 4.29. The van der Waals surface area contributed by atoms with Gasteiger partial charge in [-0.2, -0.15) is 0 Å². The molecule has 2 aromatic heterocycles. The predicted molar refractivity (Wildman–Crippen MR) is 96.7 cm³/mol. The molecule has 0 unspecified atom stereocenters. The number of anilines is 2. The quantitative estimate of drug-likeness (QED) is 0.629. The highest BCUT2D eigenvalue weighted by Crippen LogP contribution is 2.21. The van der Waals surface area contributed by atoms with Crippen LogP contribution in [0.25, 0.3) is 10.9 Å². The fraction of sp³-hybridized carbons (Fsp3) is 0.263. The van der Waals surface area contributed by atoms with E-state index in [0.717, 1.165) is 22.5 Å². The molecule has 3 rings (SSSR count). The zero-order valence-electron chi connectivity index (χ0n) is 14.1. The van der Waals surface area contributed by atoms with E-state index >= 15 is 0 Å². The van der Waals surface area contributed by atoms with Crippen molar-refractivity contribution in [3.63, 3.8) is 0 Å². The van der Waals surface area contributed by atoms with Gasteiger partial charge in [-0.15, -0.1) is 0 Å². The molecule has 3 aromatic rings. The summed E-state index contributed by atoms with van der Waals surface area (Å²) in [5, 5.41) is 1.15. The van der Waals surface area contributed by atoms with Crippen molar-refractivity contribution in [2.45, 2.75) is 27.7 Å². The standard InChI is InChI=1S/C15H13N3.2C2H6/c1-18(14-8-4-5-11-16-14)15-10-9-12-6-2-3-7-13(12)17-15;2*1-2/h2-11H,1H3;2*1-2H3. The zero-order chi connectivity index (χ0) is 16.4. The van der Waals surface area contributed by atoms with Crippen LogP contribution in [-0.2, 0) is 0 Å². The van der Waals surface area contributed by atoms with E-state index in [9.17, 15) is 0 Å². The van der Waals surface area contributed by atoms with Gasteiger partial charge in [0.1, 0.15) is 11.6 Å². The normalized spacial score (nSPS) is 9.14. The SMILES string of the molecule is CC.CC.CN(c1ccccn1)c1ccc2ccccc2n1. The van der Waals surface area contributed by atoms with Crippen molar-refractivity contribution in [1.29, 1.82) is 0 Å². The number of aromatic nitrogens is 2. The van der Waals surface area contributed by atoms with Crippen LogP contribution in [0.15, 0.2) is 60.8 Å². The molecule has 0 saturated heterocycles. The van der Waals surface area contributed by atoms with Gasteiger partial charge in [-0.1, -0.05) is 52.0 Å². The van der Waals surface area contributed by atoms with Gasteiger partial charge in [0.05, 0.1) is 5.52 Å². The van der Waals surface area contributed by atoms with E-state index in [0.29, 0.717) is 0 Å². The highest BCUT2D eigenvalue weighted by Gasteiger charge is 2.06. The third-order valence-electron chi connectivity index (χ3n) is 2.92. The second-order valence-corrected chi connectivity index (χ2v) is 4.11. The van der Waals surface area contributed by atoms with Crippen LogP contribution >= 0.6 is 0 Å². The average Bonchev–Trinajstić information content (AvgIpc) is 2.65. The molecule has 0 radical (unpaired) electrons. The summed E-state index contributed by atoms with van der Waals surface area (Å²) in [7, 11) is 1.97. The number of para-hydroxylation sites is 1. The smallest absolute Gasteiger partial charge is 0.134 e. The molecule has 0 N–H and O–H groups in total. The Bertz CT molecular complexity index is 666. The van der Waals surface area contributed by atoms with Crippen LogP contribution in [0.2, 0.25) is 0 Å². The fourth-order valence-corrected chi connectivity index (χ4v) is 1.91. The van der Waals surface area contributed by atoms with Crippen molar-refractivity contribution in [3.8, 4) is 0 Å². The molecule has 116 valence electrons. The molecular weight excluding hydrogens is 270 g/mol. The molecule has 0 spiro atoms. The second-order valence-electron chi connectivity index (χ2n) is 4.11. The van der Waals surface area contributed by atoms with Crippen molar-refractivity contribution in [3.05, 3.63) is 60.8 Å². The third-order valence-corrected chi connectivity index (χ3v) is 2.92. The van der Waals surface area contributed by atoms with E-state index in [1.165, 1.54) is 0 Å². The molecule has 2 heterocycles. The van der Waals surface area contributed by atoms with Gasteiger partial charge in [-0.25, -0.2) is 9.97 Å². The highest BCUT2D eigenvalue weighted by atomic mass is 15.2. The molecule has 0 aliphatic carbocycles. The van der Waals surface area contributed by atoms with Gasteiger partial charge in [-0.05, 0) is 30.3 Å². The van der Waals surface area contributed by atoms with E-state index in [2.05, 4.69) is 22.1 Å². The maximum absolute atomic E-state index is 4.64. The molecule has 0 amide bonds. The van der Waals surface area contributed by atoms with Crippen molar-refractivity contribution in [2.24, 2.45) is 0 Å². The van der Waals surface area contributed by atoms with Crippen molar-refractivity contribution < 1.29 is 0 Å². The van der Waals surface area contributed by atoms with Crippen LogP contribution in [0.4, 0.5) is 11.6 Å². The van der Waals surface area contributed by atoms with Gasteiger partial charge < -0.3 is 4.90 Å². The molecule has 3 nitrogen and oxygen atoms in total. The summed E-state index contributed by atoms with van der Waals surface area (Å²) in [5.41, 5.74) is 0.998. The lowest BCUT2D eigenvalue weighted by molar-refractivity contribution is 1.09. The second kappa shape index (κ2) is 9.50. The Balaban J connectivity index is 0.000000561. The molecule has 22 heavy (non-hydrogen) atoms. The molecule has 0 bridgehead atoms. The van der Waals surface area contributed by atoms with Crippen LogP contribution in [0.1, 0.15) is 27.7 Å². The first-order chi connectivity index (χ1) is 10.8. The lowest BCUT2D eigenvalue weighted by Gasteiger charge is -2.17. The van der Waals surface area contributed by atoms with Crippen LogP contribution in [0, 0.1) is 0 Å². The Labute approximate surface area is 133 Å². The van der Waals surface area contributed by atoms with Gasteiger partial charge in [0.2, 0.25) is 0 Å². The van der Waals surface area contributed by atoms with Gasteiger partial charge in [-0.3, -0.25) is 0 Å². The lowest BCUT2D eigenvalue weighted by Crippen LogP contribution is -2.12. The summed E-state index contributed by atoms with van der Waals surface area (Å²) in [6.45, 7) is 8.00. The molecule has 0 aliphatic rings. The monoisotopic (exact) mass is 295 g/mol. The molecule has 0 saturated carbocycles. The van der Waals surface area contributed by atoms with E-state index < -0.39 is 0 Å². The topological polar surface area (TPSA) is 29.0 Å². The maximum Gasteiger partial charge on any atom is 0.134 e. The van der Waals surface area contributed by atoms with Crippen LogP contribution in [-0.4, -0.2) is 17.0 Å². The first kappa shape index (κ1) is 17.6. The molecule has 0 atom stereocenters. The summed E-state index contributed by atoms with van der Waals surface area (Å²) in [6, 6.07) is 18.0. The molecular formula is C19H25N3. The van der Waals surface area contributed by atoms with Crippen molar-refractivity contribution in [2.75, 3.05) is 11.9 Å². The number of benzene rings is 1. The number of fused-ring (bicyclic) bond motifs is 1. The fourth-order valence-electron chi connectivity index (χ4n) is 1.91. The number of nitrogens with zero attached hydrogens (tertiary/aromatic N) is 3. The number of hydrogen-bond donors (Lipinski definition) is 0. The van der Waals surface area contributed by atoms with Gasteiger partial charge in [0, 0.05) is 18.6 Å². The molecule has 3 heteroatoms. The zero-order valence-corrected chi connectivity index (χ0v) is 14.1. The largest absolute Gasteiger partial charge is 0.314 e. The first-order valence-corrected chi connectivity index (χ1v) is 7.85. The average molecular weight is 295 g/mol. The summed E-state index contributed by atoms with van der Waals surface area (Å²) >= 11 is 0. The number of pyridine rings is 2. The number of hydrogen-bond acceptors (Lipinski definition) is 3. The van der Waals surface area contributed by atoms with Gasteiger partial charge >= 0.3 is 0 Å². The Morgan fingerprint density at radius 3 is 2.09 bits per heavy atom. The summed E-state index contributed by atoms with van der Waals surface area (Å²) in [6.07, 6.45) is 1.78. The van der Waals surface area contributed by atoms with Gasteiger partial charge in [0.25, 0.3) is 0 Å². The van der Waals surface area contributed by atoms with Crippen molar-refractivity contribution in [1.82, 2.24) is 9.97 Å². The minimum atomic E-state index is 0.889. The van der Waals surface area contributed by atoms with E-state index in [1.54, 1.807) is 6.20 Å². The van der Waals surface area contributed by atoms with Crippen molar-refractivity contribution >= 4 is 22.5 Å². The molecule has 1 aromatic carbocycles. The Kier molecular flexibility index (Phi) is 7.62. The van der Waals surface area contributed by atoms with E-state index in [-0.39, 0.29) is 0 Å². The Morgan fingerprint density at radius 2 is 1.41 bits per heavy atom. The minimum Gasteiger partial charge on any atom is -0.314 e. The van der Waals surface area contributed by atoms with Gasteiger partial charge in [0.15, 0.2) is 0 Å². The van der Waals surface area contributed by atoms with Crippen LogP contribution in [0.3, 0.4) is 0 Å². The Hall–Kier alpha value is -2.42. The van der Waals surface area contributed by atoms with Crippen LogP contribution < -0.4 is 4.90 Å². The predicted octanol–water partition coefficient (Wildman–Crippen LogP) is 5.45. The molecule has 0 fully saturated rings. The van der Waals surface area contributed by atoms with Crippen LogP contribution in [0.5, 0.6) is 0 Å². The highest BCUT2D eigenvalue weighted by molar-refractivity contribution is 5.80. The summed E-state index contributed by atoms with van der Waals surface area (Å²) < 4.78 is 0. The first-order valence-electron chi connectivity index (χ1n) is 7.85. The maximum atomic E-state index is 4.64. The number of rotatable bonds is 2. The summed E-state index contributed by atoms with van der Waals surface area (Å²) in [4.78, 5) is 10.9.